The van der Waals surface area contributed by atoms with Crippen LogP contribution in [0.1, 0.15) is 0 Å². The van der Waals surface area contributed by atoms with Gasteiger partial charge in [-0.05, 0) is 18.2 Å². The lowest BCUT2D eigenvalue weighted by molar-refractivity contribution is 0.627. The first kappa shape index (κ1) is 11.1. The Bertz CT molecular complexity index is 524. The number of benzene rings is 1. The van der Waals surface area contributed by atoms with E-state index in [1.54, 1.807) is 17.7 Å². The molecule has 4 nitrogen and oxygen atoms in total. The first-order valence-corrected chi connectivity index (χ1v) is 5.45. The highest BCUT2D eigenvalue weighted by molar-refractivity contribution is 9.10. The van der Waals surface area contributed by atoms with Crippen LogP contribution in [-0.4, -0.2) is 21.8 Å². The first-order chi connectivity index (χ1) is 7.63. The van der Waals surface area contributed by atoms with Crippen LogP contribution in [0.2, 0.25) is 0 Å². The molecular formula is C10H10BrFN4. The highest BCUT2D eigenvalue weighted by atomic mass is 79.9. The van der Waals surface area contributed by atoms with E-state index in [2.05, 4.69) is 31.4 Å². The third kappa shape index (κ3) is 1.80. The van der Waals surface area contributed by atoms with Gasteiger partial charge in [0.25, 0.3) is 0 Å². The molecule has 0 fully saturated rings. The van der Waals surface area contributed by atoms with Gasteiger partial charge >= 0.3 is 0 Å². The average Bonchev–Trinajstić information content (AvgIpc) is 2.63. The number of hydrogen-bond acceptors (Lipinski definition) is 3. The van der Waals surface area contributed by atoms with Gasteiger partial charge < -0.3 is 5.32 Å². The Labute approximate surface area is 101 Å². The second-order valence-corrected chi connectivity index (χ2v) is 4.13. The zero-order valence-electron chi connectivity index (χ0n) is 8.83. The molecule has 0 aliphatic rings. The molecule has 2 aromatic rings. The summed E-state index contributed by atoms with van der Waals surface area (Å²) in [4.78, 5) is 0. The molecule has 0 aliphatic heterocycles. The van der Waals surface area contributed by atoms with E-state index in [-0.39, 0.29) is 5.82 Å². The summed E-state index contributed by atoms with van der Waals surface area (Å²) < 4.78 is 15.7. The molecule has 0 radical (unpaired) electrons. The number of anilines is 1. The fourth-order valence-electron chi connectivity index (χ4n) is 1.45. The number of nitrogens with zero attached hydrogens (tertiary/aromatic N) is 3. The van der Waals surface area contributed by atoms with Gasteiger partial charge in [-0.3, -0.25) is 4.57 Å². The maximum Gasteiger partial charge on any atom is 0.224 e. The van der Waals surface area contributed by atoms with Crippen LogP contribution in [0.25, 0.3) is 11.4 Å². The Morgan fingerprint density at radius 3 is 2.75 bits per heavy atom. The van der Waals surface area contributed by atoms with Gasteiger partial charge in [-0.2, -0.15) is 0 Å². The van der Waals surface area contributed by atoms with Crippen LogP contribution < -0.4 is 5.32 Å². The molecule has 84 valence electrons. The molecule has 1 N–H and O–H groups in total. The minimum atomic E-state index is -0.299. The zero-order valence-corrected chi connectivity index (χ0v) is 10.4. The smallest absolute Gasteiger partial charge is 0.224 e. The van der Waals surface area contributed by atoms with E-state index in [0.717, 1.165) is 4.47 Å². The summed E-state index contributed by atoms with van der Waals surface area (Å²) in [6.07, 6.45) is 0. The molecule has 1 heterocycles. The first-order valence-electron chi connectivity index (χ1n) is 4.66. The minimum Gasteiger partial charge on any atom is -0.357 e. The summed E-state index contributed by atoms with van der Waals surface area (Å²) in [5.74, 6) is 0.939. The van der Waals surface area contributed by atoms with Crippen molar-refractivity contribution in [2.24, 2.45) is 7.05 Å². The van der Waals surface area contributed by atoms with E-state index >= 15 is 0 Å². The predicted molar refractivity (Wildman–Crippen MR) is 63.6 cm³/mol. The van der Waals surface area contributed by atoms with Crippen molar-refractivity contribution >= 4 is 21.9 Å². The predicted octanol–water partition coefficient (Wildman–Crippen LogP) is 2.43. The normalized spacial score (nSPS) is 10.5. The molecule has 2 rings (SSSR count). The van der Waals surface area contributed by atoms with Crippen LogP contribution in [0, 0.1) is 5.82 Å². The molecule has 0 spiro atoms. The molecule has 0 aliphatic carbocycles. The quantitative estimate of drug-likeness (QED) is 0.921. The lowest BCUT2D eigenvalue weighted by Crippen LogP contribution is -2.00. The fraction of sp³-hybridized carbons (Fsp3) is 0.200. The van der Waals surface area contributed by atoms with E-state index in [1.165, 1.54) is 12.1 Å². The lowest BCUT2D eigenvalue weighted by atomic mass is 10.2. The summed E-state index contributed by atoms with van der Waals surface area (Å²) in [6, 6.07) is 4.47. The summed E-state index contributed by atoms with van der Waals surface area (Å²) in [7, 11) is 3.58. The number of halogens is 2. The molecule has 0 saturated carbocycles. The minimum absolute atomic E-state index is 0.299. The standard InChI is InChI=1S/C10H10BrFN4/c1-13-10-15-14-9(16(10)2)7-5-6(12)3-4-8(7)11/h3-5H,1-2H3,(H,13,15). The highest BCUT2D eigenvalue weighted by Crippen LogP contribution is 2.28. The van der Waals surface area contributed by atoms with Gasteiger partial charge in [-0.1, -0.05) is 15.9 Å². The molecule has 0 amide bonds. The molecule has 1 aromatic heterocycles. The summed E-state index contributed by atoms with van der Waals surface area (Å²) in [6.45, 7) is 0. The van der Waals surface area contributed by atoms with Gasteiger partial charge in [0, 0.05) is 24.1 Å². The number of aromatic nitrogens is 3. The molecule has 0 atom stereocenters. The second kappa shape index (κ2) is 4.21. The van der Waals surface area contributed by atoms with Crippen molar-refractivity contribution in [1.29, 1.82) is 0 Å². The monoisotopic (exact) mass is 284 g/mol. The molecule has 0 unspecified atom stereocenters. The van der Waals surface area contributed by atoms with Gasteiger partial charge in [0.1, 0.15) is 5.82 Å². The van der Waals surface area contributed by atoms with Crippen molar-refractivity contribution in [3.63, 3.8) is 0 Å². The van der Waals surface area contributed by atoms with Crippen LogP contribution in [0.15, 0.2) is 22.7 Å². The van der Waals surface area contributed by atoms with Crippen LogP contribution in [0.5, 0.6) is 0 Å². The Kier molecular flexibility index (Phi) is 2.91. The molecule has 6 heteroatoms. The van der Waals surface area contributed by atoms with Gasteiger partial charge in [-0.15, -0.1) is 10.2 Å². The van der Waals surface area contributed by atoms with Crippen molar-refractivity contribution in [2.45, 2.75) is 0 Å². The number of nitrogens with one attached hydrogen (secondary N) is 1. The summed E-state index contributed by atoms with van der Waals surface area (Å²) >= 11 is 3.36. The largest absolute Gasteiger partial charge is 0.357 e. The van der Waals surface area contributed by atoms with Crippen molar-refractivity contribution in [3.05, 3.63) is 28.5 Å². The second-order valence-electron chi connectivity index (χ2n) is 3.28. The van der Waals surface area contributed by atoms with E-state index in [0.29, 0.717) is 17.3 Å². The fourth-order valence-corrected chi connectivity index (χ4v) is 1.87. The van der Waals surface area contributed by atoms with E-state index < -0.39 is 0 Å². The molecule has 0 bridgehead atoms. The Balaban J connectivity index is 2.58. The molecule has 1 aromatic carbocycles. The van der Waals surface area contributed by atoms with Crippen molar-refractivity contribution in [3.8, 4) is 11.4 Å². The van der Waals surface area contributed by atoms with Crippen LogP contribution >= 0.6 is 15.9 Å². The summed E-state index contributed by atoms with van der Waals surface area (Å²) in [5.41, 5.74) is 0.677. The number of rotatable bonds is 2. The molecular weight excluding hydrogens is 275 g/mol. The van der Waals surface area contributed by atoms with Gasteiger partial charge in [-0.25, -0.2) is 4.39 Å². The van der Waals surface area contributed by atoms with Gasteiger partial charge in [0.15, 0.2) is 5.82 Å². The maximum atomic E-state index is 13.2. The molecule has 16 heavy (non-hydrogen) atoms. The highest BCUT2D eigenvalue weighted by Gasteiger charge is 2.13. The molecule has 0 saturated heterocycles. The third-order valence-electron chi connectivity index (χ3n) is 2.27. The zero-order chi connectivity index (χ0) is 11.7. The van der Waals surface area contributed by atoms with E-state index in [9.17, 15) is 4.39 Å². The summed E-state index contributed by atoms with van der Waals surface area (Å²) in [5, 5.41) is 10.9. The van der Waals surface area contributed by atoms with Crippen LogP contribution in [-0.2, 0) is 7.05 Å². The van der Waals surface area contributed by atoms with Gasteiger partial charge in [0.05, 0.1) is 0 Å². The third-order valence-corrected chi connectivity index (χ3v) is 2.96. The van der Waals surface area contributed by atoms with Crippen LogP contribution in [0.4, 0.5) is 10.3 Å². The lowest BCUT2D eigenvalue weighted by Gasteiger charge is -2.05. The number of hydrogen-bond donors (Lipinski definition) is 1. The van der Waals surface area contributed by atoms with Crippen LogP contribution in [0.3, 0.4) is 0 Å². The Hall–Kier alpha value is -1.43. The maximum absolute atomic E-state index is 13.2. The van der Waals surface area contributed by atoms with Gasteiger partial charge in [0.2, 0.25) is 5.95 Å². The topological polar surface area (TPSA) is 42.7 Å². The van der Waals surface area contributed by atoms with Crippen molar-refractivity contribution in [2.75, 3.05) is 12.4 Å². The Morgan fingerprint density at radius 1 is 1.38 bits per heavy atom. The van der Waals surface area contributed by atoms with Crippen molar-refractivity contribution in [1.82, 2.24) is 14.8 Å². The average molecular weight is 285 g/mol. The van der Waals surface area contributed by atoms with E-state index in [4.69, 9.17) is 0 Å². The SMILES string of the molecule is CNc1nnc(-c2cc(F)ccc2Br)n1C. The van der Waals surface area contributed by atoms with E-state index in [1.807, 2.05) is 7.05 Å². The van der Waals surface area contributed by atoms with Crippen molar-refractivity contribution < 1.29 is 4.39 Å². The Morgan fingerprint density at radius 2 is 2.12 bits per heavy atom.